The van der Waals surface area contributed by atoms with Gasteiger partial charge in [-0.2, -0.15) is 0 Å². The average Bonchev–Trinajstić information content (AvgIpc) is 3.19. The number of carboxylic acid groups (broad SMARTS) is 1. The standard InChI is InChI=1S/C15H21N3O4S/c19-13(20)12-10(3-6-16-12)17-14(21)18-15(4-7-22-8-5-15)11-2-1-9-23-11/h1-2,9-10,12,16H,3-8H2,(H,19,20)(H2,17,18,21)/t10?,12-/m0/s1. The van der Waals surface area contributed by atoms with Gasteiger partial charge in [-0.15, -0.1) is 11.3 Å². The van der Waals surface area contributed by atoms with Crippen LogP contribution in [0, 0.1) is 0 Å². The number of hydrogen-bond acceptors (Lipinski definition) is 5. The lowest BCUT2D eigenvalue weighted by Gasteiger charge is -2.37. The summed E-state index contributed by atoms with van der Waals surface area (Å²) in [6.45, 7) is 1.79. The number of aliphatic carboxylic acids is 1. The van der Waals surface area contributed by atoms with Crippen LogP contribution in [0.4, 0.5) is 4.79 Å². The summed E-state index contributed by atoms with van der Waals surface area (Å²) >= 11 is 1.61. The minimum Gasteiger partial charge on any atom is -0.480 e. The third kappa shape index (κ3) is 3.49. The zero-order valence-electron chi connectivity index (χ0n) is 12.7. The van der Waals surface area contributed by atoms with E-state index in [1.165, 1.54) is 0 Å². The summed E-state index contributed by atoms with van der Waals surface area (Å²) in [6.07, 6.45) is 2.04. The third-order valence-electron chi connectivity index (χ3n) is 4.50. The van der Waals surface area contributed by atoms with E-state index in [0.29, 0.717) is 39.0 Å². The van der Waals surface area contributed by atoms with E-state index in [1.807, 2.05) is 17.5 Å². The molecule has 2 fully saturated rings. The quantitative estimate of drug-likeness (QED) is 0.652. The Kier molecular flexibility index (Phi) is 4.84. The van der Waals surface area contributed by atoms with E-state index in [2.05, 4.69) is 16.0 Å². The van der Waals surface area contributed by atoms with Crippen LogP contribution in [0.25, 0.3) is 0 Å². The second kappa shape index (κ2) is 6.86. The van der Waals surface area contributed by atoms with Gasteiger partial charge in [-0.1, -0.05) is 6.07 Å². The van der Waals surface area contributed by atoms with Crippen molar-refractivity contribution in [2.75, 3.05) is 19.8 Å². The van der Waals surface area contributed by atoms with Crippen molar-refractivity contribution in [1.29, 1.82) is 0 Å². The van der Waals surface area contributed by atoms with Crippen LogP contribution in [0.5, 0.6) is 0 Å². The van der Waals surface area contributed by atoms with Gasteiger partial charge in [0, 0.05) is 18.1 Å². The first-order valence-electron chi connectivity index (χ1n) is 7.77. The fraction of sp³-hybridized carbons (Fsp3) is 0.600. The topological polar surface area (TPSA) is 99.7 Å². The first kappa shape index (κ1) is 16.2. The van der Waals surface area contributed by atoms with Crippen LogP contribution in [0.2, 0.25) is 0 Å². The number of carbonyl (C=O) groups excluding carboxylic acids is 1. The van der Waals surface area contributed by atoms with E-state index in [1.54, 1.807) is 11.3 Å². The fourth-order valence-corrected chi connectivity index (χ4v) is 4.19. The summed E-state index contributed by atoms with van der Waals surface area (Å²) < 4.78 is 5.43. The molecule has 1 unspecified atom stereocenters. The molecule has 4 N–H and O–H groups in total. The Morgan fingerprint density at radius 3 is 2.83 bits per heavy atom. The molecule has 2 aliphatic rings. The molecule has 0 aromatic carbocycles. The molecule has 1 aromatic rings. The minimum absolute atomic E-state index is 0.319. The molecule has 7 nitrogen and oxygen atoms in total. The second-order valence-corrected chi connectivity index (χ2v) is 6.88. The van der Waals surface area contributed by atoms with Gasteiger partial charge >= 0.3 is 12.0 Å². The number of carbonyl (C=O) groups is 2. The molecular weight excluding hydrogens is 318 g/mol. The summed E-state index contributed by atoms with van der Waals surface area (Å²) in [7, 11) is 0. The fourth-order valence-electron chi connectivity index (χ4n) is 3.24. The molecule has 3 heterocycles. The molecule has 0 spiro atoms. The molecule has 23 heavy (non-hydrogen) atoms. The maximum atomic E-state index is 12.5. The van der Waals surface area contributed by atoms with Crippen molar-refractivity contribution in [3.8, 4) is 0 Å². The second-order valence-electron chi connectivity index (χ2n) is 5.94. The molecule has 3 rings (SSSR count). The number of urea groups is 1. The Hall–Kier alpha value is -1.64. The number of amides is 2. The van der Waals surface area contributed by atoms with Crippen LogP contribution in [0.1, 0.15) is 24.1 Å². The average molecular weight is 339 g/mol. The number of ether oxygens (including phenoxy) is 1. The SMILES string of the molecule is O=C(NC1CCN[C@@H]1C(=O)O)NC1(c2cccs2)CCOCC1. The summed E-state index contributed by atoms with van der Waals surface area (Å²) in [4.78, 5) is 24.7. The number of carboxylic acids is 1. The Morgan fingerprint density at radius 2 is 2.17 bits per heavy atom. The van der Waals surface area contributed by atoms with Gasteiger partial charge in [0.05, 0.1) is 11.6 Å². The van der Waals surface area contributed by atoms with Crippen LogP contribution < -0.4 is 16.0 Å². The Labute approximate surface area is 138 Å². The van der Waals surface area contributed by atoms with Gasteiger partial charge in [-0.05, 0) is 37.3 Å². The predicted molar refractivity (Wildman–Crippen MR) is 85.5 cm³/mol. The highest BCUT2D eigenvalue weighted by atomic mass is 32.1. The van der Waals surface area contributed by atoms with Crippen LogP contribution in [0.15, 0.2) is 17.5 Å². The smallest absolute Gasteiger partial charge is 0.322 e. The number of thiophene rings is 1. The van der Waals surface area contributed by atoms with Crippen molar-refractivity contribution in [3.63, 3.8) is 0 Å². The van der Waals surface area contributed by atoms with Crippen molar-refractivity contribution in [2.24, 2.45) is 0 Å². The molecule has 2 atom stereocenters. The third-order valence-corrected chi connectivity index (χ3v) is 5.57. The van der Waals surface area contributed by atoms with Crippen molar-refractivity contribution in [3.05, 3.63) is 22.4 Å². The zero-order chi connectivity index (χ0) is 16.3. The summed E-state index contributed by atoms with van der Waals surface area (Å²) in [5.41, 5.74) is -0.429. The zero-order valence-corrected chi connectivity index (χ0v) is 13.5. The molecule has 8 heteroatoms. The number of nitrogens with one attached hydrogen (secondary N) is 3. The molecule has 2 aliphatic heterocycles. The van der Waals surface area contributed by atoms with Gasteiger partial charge in [-0.3, -0.25) is 4.79 Å². The lowest BCUT2D eigenvalue weighted by molar-refractivity contribution is -0.139. The monoisotopic (exact) mass is 339 g/mol. The molecule has 0 saturated carbocycles. The first-order valence-corrected chi connectivity index (χ1v) is 8.65. The van der Waals surface area contributed by atoms with Gasteiger partial charge in [0.2, 0.25) is 0 Å². The molecule has 0 radical (unpaired) electrons. The van der Waals surface area contributed by atoms with E-state index >= 15 is 0 Å². The van der Waals surface area contributed by atoms with Gasteiger partial charge < -0.3 is 25.8 Å². The molecule has 0 bridgehead atoms. The molecule has 2 amide bonds. The van der Waals surface area contributed by atoms with Gasteiger partial charge in [-0.25, -0.2) is 4.79 Å². The molecule has 0 aliphatic carbocycles. The van der Waals surface area contributed by atoms with Crippen LogP contribution in [-0.4, -0.2) is 48.9 Å². The first-order chi connectivity index (χ1) is 11.1. The van der Waals surface area contributed by atoms with Gasteiger partial charge in [0.1, 0.15) is 6.04 Å². The highest BCUT2D eigenvalue weighted by Crippen LogP contribution is 2.35. The Morgan fingerprint density at radius 1 is 1.39 bits per heavy atom. The van der Waals surface area contributed by atoms with Crippen LogP contribution >= 0.6 is 11.3 Å². The van der Waals surface area contributed by atoms with E-state index in [4.69, 9.17) is 9.84 Å². The Balaban J connectivity index is 1.68. The molecular formula is C15H21N3O4S. The molecule has 126 valence electrons. The van der Waals surface area contributed by atoms with Crippen molar-refractivity contribution in [1.82, 2.24) is 16.0 Å². The van der Waals surface area contributed by atoms with Crippen molar-refractivity contribution >= 4 is 23.3 Å². The van der Waals surface area contributed by atoms with Crippen LogP contribution in [-0.2, 0) is 15.1 Å². The minimum atomic E-state index is -0.938. The van der Waals surface area contributed by atoms with Gasteiger partial charge in [0.15, 0.2) is 0 Å². The molecule has 1 aromatic heterocycles. The molecule has 2 saturated heterocycles. The van der Waals surface area contributed by atoms with Crippen molar-refractivity contribution < 1.29 is 19.4 Å². The summed E-state index contributed by atoms with van der Waals surface area (Å²) in [5.74, 6) is -0.938. The van der Waals surface area contributed by atoms with Crippen molar-refractivity contribution in [2.45, 2.75) is 36.9 Å². The van der Waals surface area contributed by atoms with E-state index in [9.17, 15) is 9.59 Å². The predicted octanol–water partition coefficient (Wildman–Crippen LogP) is 0.868. The summed E-state index contributed by atoms with van der Waals surface area (Å²) in [5, 5.41) is 20.0. The maximum absolute atomic E-state index is 12.5. The van der Waals surface area contributed by atoms with E-state index in [-0.39, 0.29) is 6.03 Å². The normalized spacial score (nSPS) is 26.6. The lowest BCUT2D eigenvalue weighted by atomic mass is 9.88. The highest BCUT2D eigenvalue weighted by molar-refractivity contribution is 7.10. The largest absolute Gasteiger partial charge is 0.480 e. The number of rotatable bonds is 4. The lowest BCUT2D eigenvalue weighted by Crippen LogP contribution is -2.56. The highest BCUT2D eigenvalue weighted by Gasteiger charge is 2.39. The van der Waals surface area contributed by atoms with Crippen LogP contribution in [0.3, 0.4) is 0 Å². The maximum Gasteiger partial charge on any atom is 0.322 e. The number of hydrogen-bond donors (Lipinski definition) is 4. The summed E-state index contributed by atoms with van der Waals surface area (Å²) in [6, 6.07) is 2.55. The van der Waals surface area contributed by atoms with Gasteiger partial charge in [0.25, 0.3) is 0 Å². The Bertz CT molecular complexity index is 557. The van der Waals surface area contributed by atoms with E-state index < -0.39 is 23.6 Å². The van der Waals surface area contributed by atoms with E-state index in [0.717, 1.165) is 4.88 Å².